The fraction of sp³-hybridized carbons (Fsp3) is 0.318. The van der Waals surface area contributed by atoms with E-state index in [-0.39, 0.29) is 46.1 Å². The minimum atomic E-state index is -1.69. The summed E-state index contributed by atoms with van der Waals surface area (Å²) in [5.41, 5.74) is -0.318. The summed E-state index contributed by atoms with van der Waals surface area (Å²) in [4.78, 5) is 13.0. The predicted octanol–water partition coefficient (Wildman–Crippen LogP) is -0.352. The molecular formula is C22H20O12. The van der Waals surface area contributed by atoms with Crippen LogP contribution < -0.4 is 14.9 Å². The minimum absolute atomic E-state index is 0.0431. The molecular weight excluding hydrogens is 456 g/mol. The largest absolute Gasteiger partial charge is 0.507 e. The first-order chi connectivity index (χ1) is 16.2. The maximum atomic E-state index is 13.0. The maximum absolute atomic E-state index is 13.0. The lowest BCUT2D eigenvalue weighted by Gasteiger charge is -2.39. The standard InChI is InChI=1S/C22H20O12/c23-5-13-16(27)18(29)19(30)22(34-13)32-7-3-11(25)14-12(4-7)33-20-8-1-2-10(24)15(26)9(8)6-31-21(20)17(14)28/h1-4,13,16,18-19,22-27,29-30H,5-6H2. The number of phenolic OH excluding ortho intramolecular Hbond substituents is 3. The highest BCUT2D eigenvalue weighted by Gasteiger charge is 2.44. The third kappa shape index (κ3) is 3.31. The third-order valence-electron chi connectivity index (χ3n) is 5.87. The van der Waals surface area contributed by atoms with Crippen LogP contribution in [0.25, 0.3) is 22.3 Å². The quantitative estimate of drug-likeness (QED) is 0.243. The van der Waals surface area contributed by atoms with Crippen LogP contribution in [0.3, 0.4) is 0 Å². The van der Waals surface area contributed by atoms with Crippen molar-refractivity contribution < 1.29 is 54.4 Å². The number of ether oxygens (including phenoxy) is 3. The van der Waals surface area contributed by atoms with Gasteiger partial charge in [0.1, 0.15) is 53.5 Å². The van der Waals surface area contributed by atoms with Gasteiger partial charge in [-0.25, -0.2) is 0 Å². The molecule has 12 heteroatoms. The topological polar surface area (TPSA) is 200 Å². The van der Waals surface area contributed by atoms with Crippen LogP contribution in [-0.4, -0.2) is 73.1 Å². The number of phenols is 3. The average Bonchev–Trinajstić information content (AvgIpc) is 2.81. The Morgan fingerprint density at radius 2 is 1.76 bits per heavy atom. The Hall–Kier alpha value is -3.55. The number of fused-ring (bicyclic) bond motifs is 4. The number of hydrogen-bond acceptors (Lipinski definition) is 12. The van der Waals surface area contributed by atoms with E-state index >= 15 is 0 Å². The summed E-state index contributed by atoms with van der Waals surface area (Å²) in [7, 11) is 0. The van der Waals surface area contributed by atoms with Gasteiger partial charge in [-0.15, -0.1) is 0 Å². The van der Waals surface area contributed by atoms with Crippen molar-refractivity contribution in [1.29, 1.82) is 0 Å². The predicted molar refractivity (Wildman–Crippen MR) is 112 cm³/mol. The molecule has 3 heterocycles. The van der Waals surface area contributed by atoms with Crippen LogP contribution in [0.4, 0.5) is 0 Å². The van der Waals surface area contributed by atoms with Crippen LogP contribution in [0.2, 0.25) is 0 Å². The lowest BCUT2D eigenvalue weighted by atomic mass is 9.99. The third-order valence-corrected chi connectivity index (χ3v) is 5.87. The van der Waals surface area contributed by atoms with E-state index in [1.807, 2.05) is 0 Å². The summed E-state index contributed by atoms with van der Waals surface area (Å²) < 4.78 is 22.1. The van der Waals surface area contributed by atoms with Crippen LogP contribution >= 0.6 is 0 Å². The lowest BCUT2D eigenvalue weighted by molar-refractivity contribution is -0.277. The van der Waals surface area contributed by atoms with E-state index in [2.05, 4.69) is 0 Å². The highest BCUT2D eigenvalue weighted by Crippen LogP contribution is 2.45. The fourth-order valence-corrected chi connectivity index (χ4v) is 4.06. The SMILES string of the molecule is O=c1c2c(oc3cc(OC4OC(CO)C(O)C(O)C4O)cc(O)c13)-c1ccc(O)c(O)c1CO2. The summed E-state index contributed by atoms with van der Waals surface area (Å²) in [6, 6.07) is 4.96. The van der Waals surface area contributed by atoms with E-state index in [0.717, 1.165) is 6.07 Å². The maximum Gasteiger partial charge on any atom is 0.239 e. The molecule has 1 aromatic heterocycles. The Bertz CT molecular complexity index is 1330. The molecule has 1 fully saturated rings. The van der Waals surface area contributed by atoms with Crippen molar-refractivity contribution >= 4 is 11.0 Å². The number of rotatable bonds is 3. The monoisotopic (exact) mass is 476 g/mol. The van der Waals surface area contributed by atoms with Crippen molar-refractivity contribution in [3.63, 3.8) is 0 Å². The van der Waals surface area contributed by atoms with Gasteiger partial charge in [0.25, 0.3) is 0 Å². The molecule has 0 spiro atoms. The van der Waals surface area contributed by atoms with E-state index in [1.54, 1.807) is 0 Å². The van der Waals surface area contributed by atoms with E-state index in [4.69, 9.17) is 18.6 Å². The first kappa shape index (κ1) is 22.3. The number of benzene rings is 2. The van der Waals surface area contributed by atoms with Crippen LogP contribution in [0.5, 0.6) is 28.7 Å². The number of aromatic hydroxyl groups is 3. The van der Waals surface area contributed by atoms with E-state index in [1.165, 1.54) is 18.2 Å². The molecule has 5 rings (SSSR count). The second-order valence-electron chi connectivity index (χ2n) is 7.97. The van der Waals surface area contributed by atoms with E-state index in [0.29, 0.717) is 5.56 Å². The van der Waals surface area contributed by atoms with Gasteiger partial charge in [0.15, 0.2) is 17.3 Å². The molecule has 5 unspecified atom stereocenters. The van der Waals surface area contributed by atoms with Crippen LogP contribution in [0.15, 0.2) is 33.5 Å². The average molecular weight is 476 g/mol. The summed E-state index contributed by atoms with van der Waals surface area (Å²) >= 11 is 0. The summed E-state index contributed by atoms with van der Waals surface area (Å²) in [6.07, 6.45) is -7.68. The van der Waals surface area contributed by atoms with Gasteiger partial charge in [-0.3, -0.25) is 4.79 Å². The van der Waals surface area contributed by atoms with Crippen molar-refractivity contribution in [3.8, 4) is 40.1 Å². The highest BCUT2D eigenvalue weighted by atomic mass is 16.7. The van der Waals surface area contributed by atoms with Gasteiger partial charge in [-0.2, -0.15) is 0 Å². The molecule has 0 amide bonds. The van der Waals surface area contributed by atoms with E-state index in [9.17, 15) is 40.5 Å². The molecule has 2 aliphatic heterocycles. The van der Waals surface area contributed by atoms with Crippen LogP contribution in [0, 0.1) is 0 Å². The summed E-state index contributed by atoms with van der Waals surface area (Å²) in [5.74, 6) is -1.68. The fourth-order valence-electron chi connectivity index (χ4n) is 4.06. The van der Waals surface area contributed by atoms with Crippen LogP contribution in [-0.2, 0) is 11.3 Å². The van der Waals surface area contributed by atoms with Gasteiger partial charge < -0.3 is 54.4 Å². The first-order valence-electron chi connectivity index (χ1n) is 10.2. The minimum Gasteiger partial charge on any atom is -0.507 e. The number of aliphatic hydroxyl groups excluding tert-OH is 4. The zero-order valence-corrected chi connectivity index (χ0v) is 17.3. The molecule has 1 saturated heterocycles. The molecule has 3 aromatic rings. The summed E-state index contributed by atoms with van der Waals surface area (Å²) in [5, 5.41) is 69.5. The number of hydrogen-bond donors (Lipinski definition) is 7. The molecule has 0 radical (unpaired) electrons. The Balaban J connectivity index is 1.58. The van der Waals surface area contributed by atoms with Gasteiger partial charge >= 0.3 is 0 Å². The van der Waals surface area contributed by atoms with Crippen molar-refractivity contribution in [1.82, 2.24) is 0 Å². The lowest BCUT2D eigenvalue weighted by Crippen LogP contribution is -2.60. The zero-order chi connectivity index (χ0) is 24.3. The molecule has 12 nitrogen and oxygen atoms in total. The van der Waals surface area contributed by atoms with E-state index < -0.39 is 54.2 Å². The molecule has 0 bridgehead atoms. The van der Waals surface area contributed by atoms with Crippen molar-refractivity contribution in [2.75, 3.05) is 6.61 Å². The Morgan fingerprint density at radius 1 is 1.00 bits per heavy atom. The number of aliphatic hydroxyl groups is 4. The molecule has 2 aromatic carbocycles. The van der Waals surface area contributed by atoms with Crippen LogP contribution in [0.1, 0.15) is 5.56 Å². The molecule has 34 heavy (non-hydrogen) atoms. The Kier molecular flexibility index (Phi) is 5.26. The summed E-state index contributed by atoms with van der Waals surface area (Å²) in [6.45, 7) is -0.867. The van der Waals surface area contributed by atoms with Crippen molar-refractivity contribution in [2.24, 2.45) is 0 Å². The molecule has 0 saturated carbocycles. The second-order valence-corrected chi connectivity index (χ2v) is 7.97. The molecule has 5 atom stereocenters. The van der Waals surface area contributed by atoms with Gasteiger partial charge in [0, 0.05) is 23.3 Å². The zero-order valence-electron chi connectivity index (χ0n) is 17.3. The van der Waals surface area contributed by atoms with Gasteiger partial charge in [0.2, 0.25) is 17.5 Å². The first-order valence-corrected chi connectivity index (χ1v) is 10.2. The van der Waals surface area contributed by atoms with Gasteiger partial charge in [-0.05, 0) is 12.1 Å². The van der Waals surface area contributed by atoms with Crippen molar-refractivity contribution in [3.05, 3.63) is 40.1 Å². The molecule has 0 aliphatic carbocycles. The van der Waals surface area contributed by atoms with Gasteiger partial charge in [0.05, 0.1) is 6.61 Å². The molecule has 7 N–H and O–H groups in total. The second kappa shape index (κ2) is 8.04. The van der Waals surface area contributed by atoms with Gasteiger partial charge in [-0.1, -0.05) is 0 Å². The molecule has 2 aliphatic rings. The normalized spacial score (nSPS) is 25.9. The van der Waals surface area contributed by atoms with Crippen molar-refractivity contribution in [2.45, 2.75) is 37.3 Å². The Labute approximate surface area is 190 Å². The highest BCUT2D eigenvalue weighted by molar-refractivity contribution is 5.89. The molecule has 180 valence electrons. The Morgan fingerprint density at radius 3 is 2.50 bits per heavy atom. The smallest absolute Gasteiger partial charge is 0.239 e.